The van der Waals surface area contributed by atoms with Gasteiger partial charge in [0.1, 0.15) is 11.4 Å². The Labute approximate surface area is 112 Å². The SMILES string of the molecule is COc1ccc(NC(=O)c2c(N)cc(C)n2C)cc1. The van der Waals surface area contributed by atoms with Gasteiger partial charge in [0.25, 0.3) is 5.91 Å². The Kier molecular flexibility index (Phi) is 3.46. The van der Waals surface area contributed by atoms with E-state index >= 15 is 0 Å². The maximum Gasteiger partial charge on any atom is 0.274 e. The summed E-state index contributed by atoms with van der Waals surface area (Å²) in [5, 5.41) is 2.81. The predicted molar refractivity (Wildman–Crippen MR) is 75.5 cm³/mol. The van der Waals surface area contributed by atoms with Crippen LogP contribution in [0.4, 0.5) is 11.4 Å². The van der Waals surface area contributed by atoms with Gasteiger partial charge in [0.05, 0.1) is 12.8 Å². The first-order valence-corrected chi connectivity index (χ1v) is 5.90. The van der Waals surface area contributed by atoms with Crippen molar-refractivity contribution < 1.29 is 9.53 Å². The Bertz CT molecular complexity index is 600. The number of carbonyl (C=O) groups is 1. The van der Waals surface area contributed by atoms with E-state index in [1.54, 1.807) is 42.0 Å². The van der Waals surface area contributed by atoms with Crippen molar-refractivity contribution in [3.8, 4) is 5.75 Å². The third-order valence-corrected chi connectivity index (χ3v) is 3.07. The molecule has 2 rings (SSSR count). The lowest BCUT2D eigenvalue weighted by Crippen LogP contribution is -2.17. The molecule has 0 fully saturated rings. The van der Waals surface area contributed by atoms with E-state index in [0.717, 1.165) is 11.4 Å². The highest BCUT2D eigenvalue weighted by molar-refractivity contribution is 6.06. The summed E-state index contributed by atoms with van der Waals surface area (Å²) in [6.07, 6.45) is 0. The molecule has 0 atom stereocenters. The molecule has 0 aliphatic carbocycles. The topological polar surface area (TPSA) is 69.3 Å². The molecule has 1 amide bonds. The van der Waals surface area contributed by atoms with Gasteiger partial charge in [0.15, 0.2) is 0 Å². The maximum absolute atomic E-state index is 12.2. The number of nitrogens with one attached hydrogen (secondary N) is 1. The van der Waals surface area contributed by atoms with Crippen LogP contribution < -0.4 is 15.8 Å². The number of hydrogen-bond acceptors (Lipinski definition) is 3. The summed E-state index contributed by atoms with van der Waals surface area (Å²) in [5.74, 6) is 0.519. The number of amides is 1. The van der Waals surface area contributed by atoms with E-state index in [4.69, 9.17) is 10.5 Å². The van der Waals surface area contributed by atoms with Crippen molar-refractivity contribution in [3.63, 3.8) is 0 Å². The van der Waals surface area contributed by atoms with E-state index in [0.29, 0.717) is 17.1 Å². The number of hydrogen-bond donors (Lipinski definition) is 2. The highest BCUT2D eigenvalue weighted by atomic mass is 16.5. The monoisotopic (exact) mass is 259 g/mol. The van der Waals surface area contributed by atoms with Gasteiger partial charge < -0.3 is 20.4 Å². The van der Waals surface area contributed by atoms with Crippen molar-refractivity contribution in [3.05, 3.63) is 41.7 Å². The first-order valence-electron chi connectivity index (χ1n) is 5.90. The molecule has 19 heavy (non-hydrogen) atoms. The number of nitrogens with two attached hydrogens (primary N) is 1. The molecule has 0 saturated heterocycles. The lowest BCUT2D eigenvalue weighted by Gasteiger charge is -2.08. The Balaban J connectivity index is 2.20. The number of aryl methyl sites for hydroxylation is 1. The lowest BCUT2D eigenvalue weighted by atomic mass is 10.3. The Morgan fingerprint density at radius 3 is 2.42 bits per heavy atom. The van der Waals surface area contributed by atoms with Gasteiger partial charge >= 0.3 is 0 Å². The van der Waals surface area contributed by atoms with Crippen LogP contribution >= 0.6 is 0 Å². The minimum atomic E-state index is -0.224. The van der Waals surface area contributed by atoms with Gasteiger partial charge in [-0.3, -0.25) is 4.79 Å². The van der Waals surface area contributed by atoms with Crippen molar-refractivity contribution in [1.29, 1.82) is 0 Å². The van der Waals surface area contributed by atoms with Gasteiger partial charge in [-0.1, -0.05) is 0 Å². The highest BCUT2D eigenvalue weighted by Gasteiger charge is 2.15. The second-order valence-corrected chi connectivity index (χ2v) is 4.33. The molecule has 3 N–H and O–H groups in total. The van der Waals surface area contributed by atoms with Gasteiger partial charge in [-0.25, -0.2) is 0 Å². The normalized spacial score (nSPS) is 10.3. The summed E-state index contributed by atoms with van der Waals surface area (Å²) in [4.78, 5) is 12.2. The second-order valence-electron chi connectivity index (χ2n) is 4.33. The maximum atomic E-state index is 12.2. The molecule has 0 bridgehead atoms. The van der Waals surface area contributed by atoms with Crippen LogP contribution in [0.15, 0.2) is 30.3 Å². The van der Waals surface area contributed by atoms with E-state index in [1.807, 2.05) is 14.0 Å². The molecule has 0 aliphatic rings. The van der Waals surface area contributed by atoms with Crippen LogP contribution in [0.3, 0.4) is 0 Å². The zero-order valence-corrected chi connectivity index (χ0v) is 11.2. The van der Waals surface area contributed by atoms with Crippen molar-refractivity contribution in [2.24, 2.45) is 7.05 Å². The number of anilines is 2. The van der Waals surface area contributed by atoms with Crippen LogP contribution in [0.1, 0.15) is 16.2 Å². The van der Waals surface area contributed by atoms with E-state index in [2.05, 4.69) is 5.32 Å². The Morgan fingerprint density at radius 2 is 1.95 bits per heavy atom. The molecule has 5 heteroatoms. The molecule has 0 saturated carbocycles. The highest BCUT2D eigenvalue weighted by Crippen LogP contribution is 2.20. The average Bonchev–Trinajstić information content (AvgIpc) is 2.64. The smallest absolute Gasteiger partial charge is 0.274 e. The largest absolute Gasteiger partial charge is 0.497 e. The van der Waals surface area contributed by atoms with E-state index in [-0.39, 0.29) is 5.91 Å². The molecule has 0 spiro atoms. The minimum absolute atomic E-state index is 0.224. The molecule has 2 aromatic rings. The van der Waals surface area contributed by atoms with Gasteiger partial charge in [-0.15, -0.1) is 0 Å². The van der Waals surface area contributed by atoms with Crippen molar-refractivity contribution in [1.82, 2.24) is 4.57 Å². The zero-order chi connectivity index (χ0) is 14.0. The Morgan fingerprint density at radius 1 is 1.32 bits per heavy atom. The molecule has 1 heterocycles. The quantitative estimate of drug-likeness (QED) is 0.887. The molecule has 5 nitrogen and oxygen atoms in total. The first-order chi connectivity index (χ1) is 9.02. The fourth-order valence-corrected chi connectivity index (χ4v) is 1.91. The second kappa shape index (κ2) is 5.06. The van der Waals surface area contributed by atoms with Crippen LogP contribution in [0.2, 0.25) is 0 Å². The van der Waals surface area contributed by atoms with E-state index in [9.17, 15) is 4.79 Å². The van der Waals surface area contributed by atoms with E-state index < -0.39 is 0 Å². The fraction of sp³-hybridized carbons (Fsp3) is 0.214. The number of carbonyl (C=O) groups excluding carboxylic acids is 1. The predicted octanol–water partition coefficient (Wildman–Crippen LogP) is 2.18. The number of aromatic nitrogens is 1. The molecule has 1 aromatic heterocycles. The number of rotatable bonds is 3. The van der Waals surface area contributed by atoms with Crippen molar-refractivity contribution in [2.45, 2.75) is 6.92 Å². The van der Waals surface area contributed by atoms with Crippen LogP contribution in [-0.4, -0.2) is 17.6 Å². The molecule has 0 aliphatic heterocycles. The van der Waals surface area contributed by atoms with Gasteiger partial charge in [0.2, 0.25) is 0 Å². The summed E-state index contributed by atoms with van der Waals surface area (Å²) in [7, 11) is 3.41. The van der Waals surface area contributed by atoms with Gasteiger partial charge in [0, 0.05) is 18.4 Å². The lowest BCUT2D eigenvalue weighted by molar-refractivity contribution is 0.102. The number of methoxy groups -OCH3 is 1. The zero-order valence-electron chi connectivity index (χ0n) is 11.2. The summed E-state index contributed by atoms with van der Waals surface area (Å²) < 4.78 is 6.84. The van der Waals surface area contributed by atoms with Crippen LogP contribution in [0.5, 0.6) is 5.75 Å². The van der Waals surface area contributed by atoms with Gasteiger partial charge in [-0.05, 0) is 37.3 Å². The molecular formula is C14H17N3O2. The summed E-state index contributed by atoms with van der Waals surface area (Å²) in [6, 6.07) is 8.92. The number of ether oxygens (including phenoxy) is 1. The molecule has 1 aromatic carbocycles. The minimum Gasteiger partial charge on any atom is -0.497 e. The van der Waals surface area contributed by atoms with Crippen molar-refractivity contribution >= 4 is 17.3 Å². The average molecular weight is 259 g/mol. The molecular weight excluding hydrogens is 242 g/mol. The molecule has 0 radical (unpaired) electrons. The first kappa shape index (κ1) is 13.0. The third kappa shape index (κ3) is 2.54. The van der Waals surface area contributed by atoms with Crippen LogP contribution in [0, 0.1) is 6.92 Å². The van der Waals surface area contributed by atoms with Crippen LogP contribution in [0.25, 0.3) is 0 Å². The van der Waals surface area contributed by atoms with Crippen LogP contribution in [-0.2, 0) is 7.05 Å². The standard InChI is InChI=1S/C14H17N3O2/c1-9-8-12(15)13(17(9)2)14(18)16-10-4-6-11(19-3)7-5-10/h4-8H,15H2,1-3H3,(H,16,18). The third-order valence-electron chi connectivity index (χ3n) is 3.07. The number of benzene rings is 1. The summed E-state index contributed by atoms with van der Waals surface area (Å²) >= 11 is 0. The fourth-order valence-electron chi connectivity index (χ4n) is 1.91. The van der Waals surface area contributed by atoms with E-state index in [1.165, 1.54) is 0 Å². The van der Waals surface area contributed by atoms with Crippen molar-refractivity contribution in [2.75, 3.05) is 18.2 Å². The molecule has 100 valence electrons. The number of nitrogen functional groups attached to an aromatic ring is 1. The Hall–Kier alpha value is -2.43. The molecule has 0 unspecified atom stereocenters. The summed E-state index contributed by atoms with van der Waals surface area (Å²) in [6.45, 7) is 1.90. The van der Waals surface area contributed by atoms with Gasteiger partial charge in [-0.2, -0.15) is 0 Å². The number of nitrogens with zero attached hydrogens (tertiary/aromatic N) is 1. The summed E-state index contributed by atoms with van der Waals surface area (Å²) in [5.41, 5.74) is 8.42.